The summed E-state index contributed by atoms with van der Waals surface area (Å²) in [5.41, 5.74) is -0.155. The van der Waals surface area contributed by atoms with Crippen LogP contribution in [0, 0.1) is 10.1 Å². The average molecular weight is 671 g/mol. The second kappa shape index (κ2) is 26.4. The predicted molar refractivity (Wildman–Crippen MR) is 193 cm³/mol. The summed E-state index contributed by atoms with van der Waals surface area (Å²) in [7, 11) is -2.31. The smallest absolute Gasteiger partial charge is 0.379 e. The number of nitrogens with one attached hydrogen (secondary N) is 1. The molecule has 0 saturated heterocycles. The van der Waals surface area contributed by atoms with Gasteiger partial charge in [-0.15, -0.1) is 0 Å². The van der Waals surface area contributed by atoms with E-state index in [-0.39, 0.29) is 35.4 Å². The van der Waals surface area contributed by atoms with Crippen molar-refractivity contribution >= 4 is 19.2 Å². The minimum Gasteiger partial charge on any atom is -0.486 e. The number of nitro groups is 1. The summed E-state index contributed by atoms with van der Waals surface area (Å²) < 4.78 is 30.2. The van der Waals surface area contributed by atoms with Gasteiger partial charge in [0.15, 0.2) is 11.5 Å². The van der Waals surface area contributed by atoms with Crippen molar-refractivity contribution in [2.24, 2.45) is 0 Å². The lowest BCUT2D eigenvalue weighted by molar-refractivity contribution is -0.385. The molecule has 0 saturated carbocycles. The van der Waals surface area contributed by atoms with Gasteiger partial charge in [0, 0.05) is 26.1 Å². The number of amides is 1. The van der Waals surface area contributed by atoms with Gasteiger partial charge in [0.2, 0.25) is 5.91 Å². The zero-order valence-corrected chi connectivity index (χ0v) is 29.6. The second-order valence-electron chi connectivity index (χ2n) is 10.7. The highest BCUT2D eigenvalue weighted by molar-refractivity contribution is 7.54. The third kappa shape index (κ3) is 20.2. The quantitative estimate of drug-likeness (QED) is 0.0343. The molecule has 260 valence electrons. The zero-order chi connectivity index (χ0) is 34.6. The van der Waals surface area contributed by atoms with Crippen LogP contribution in [0.3, 0.4) is 0 Å². The maximum atomic E-state index is 13.3. The molecule has 0 bridgehead atoms. The molecule has 1 unspecified atom stereocenters. The maximum Gasteiger partial charge on any atom is 0.379 e. The van der Waals surface area contributed by atoms with Crippen molar-refractivity contribution in [3.63, 3.8) is 0 Å². The molecule has 1 aromatic rings. The van der Waals surface area contributed by atoms with Crippen molar-refractivity contribution in [2.75, 3.05) is 19.8 Å². The first-order valence-electron chi connectivity index (χ1n) is 16.7. The van der Waals surface area contributed by atoms with E-state index in [2.05, 4.69) is 73.0 Å². The Kier molecular flexibility index (Phi) is 23.2. The number of carbonyl (C=O) groups is 1. The summed E-state index contributed by atoms with van der Waals surface area (Å²) in [4.78, 5) is 23.0. The van der Waals surface area contributed by atoms with Crippen molar-refractivity contribution in [3.8, 4) is 11.5 Å². The Morgan fingerprint density at radius 3 is 1.87 bits per heavy atom. The number of allylic oxidation sites excluding steroid dienone is 12. The molecule has 0 aromatic heterocycles. The van der Waals surface area contributed by atoms with E-state index in [1.165, 1.54) is 25.3 Å². The van der Waals surface area contributed by atoms with Gasteiger partial charge in [-0.3, -0.25) is 14.9 Å². The summed E-state index contributed by atoms with van der Waals surface area (Å²) in [5.74, 6) is 0.176. The number of nitro benzene ring substituents is 1. The van der Waals surface area contributed by atoms with Crippen molar-refractivity contribution in [3.05, 3.63) is 101 Å². The van der Waals surface area contributed by atoms with E-state index in [1.807, 2.05) is 26.0 Å². The first-order chi connectivity index (χ1) is 22.8. The van der Waals surface area contributed by atoms with E-state index in [1.54, 1.807) is 0 Å². The SMILES string of the molecule is CC/C=C\C/C=C\C/C=C\C/C=C\C/C=C\C/C=C\CCC(=O)NCCCP(=O)(OC)Oc1ccc([N+](=O)[O-])cc1OC(CC)CC. The number of rotatable bonds is 26. The highest BCUT2D eigenvalue weighted by Crippen LogP contribution is 2.50. The van der Waals surface area contributed by atoms with Crippen molar-refractivity contribution in [1.82, 2.24) is 5.32 Å². The molecule has 1 rings (SSSR count). The minimum atomic E-state index is -3.60. The number of carbonyl (C=O) groups excluding carboxylic acids is 1. The Bertz CT molecular complexity index is 1260. The van der Waals surface area contributed by atoms with E-state index in [4.69, 9.17) is 13.8 Å². The second-order valence-corrected chi connectivity index (χ2v) is 12.9. The van der Waals surface area contributed by atoms with Gasteiger partial charge in [0.1, 0.15) is 0 Å². The molecule has 9 nitrogen and oxygen atoms in total. The number of hydrogen-bond donors (Lipinski definition) is 1. The van der Waals surface area contributed by atoms with E-state index >= 15 is 0 Å². The van der Waals surface area contributed by atoms with E-state index in [9.17, 15) is 19.5 Å². The molecule has 1 aromatic carbocycles. The normalized spacial score (nSPS) is 13.6. The Morgan fingerprint density at radius 1 is 0.851 bits per heavy atom. The Morgan fingerprint density at radius 2 is 1.38 bits per heavy atom. The van der Waals surface area contributed by atoms with Crippen LogP contribution in [0.15, 0.2) is 91.1 Å². The standard InChI is InChI=1S/C37H55N2O7P/c1-5-8-9-10-11-12-13-14-15-16-17-18-19-20-21-22-23-24-25-27-37(40)38-30-26-31-47(43,44-4)46-35-29-28-33(39(41)42)32-36(35)45-34(6-2)7-3/h8-9,11-12,14-15,17-18,20-21,23-24,28-29,32,34H,5-7,10,13,16,19,22,25-27,30-31H2,1-4H3,(H,38,40)/b9-8-,12-11-,15-14-,18-17-,21-20-,24-23-. The highest BCUT2D eigenvalue weighted by atomic mass is 31.2. The summed E-state index contributed by atoms with van der Waals surface area (Å²) in [6.45, 7) is 6.35. The van der Waals surface area contributed by atoms with Gasteiger partial charge < -0.3 is 19.1 Å². The molecule has 0 aliphatic carbocycles. The van der Waals surface area contributed by atoms with Crippen LogP contribution < -0.4 is 14.6 Å². The molecule has 0 heterocycles. The van der Waals surface area contributed by atoms with Crippen molar-refractivity contribution < 1.29 is 28.1 Å². The molecule has 0 spiro atoms. The van der Waals surface area contributed by atoms with Crippen LogP contribution >= 0.6 is 7.60 Å². The van der Waals surface area contributed by atoms with Crippen molar-refractivity contribution in [2.45, 2.75) is 97.5 Å². The largest absolute Gasteiger partial charge is 0.486 e. The molecule has 0 aliphatic rings. The third-order valence-electron chi connectivity index (χ3n) is 6.92. The summed E-state index contributed by atoms with van der Waals surface area (Å²) in [5, 5.41) is 14.1. The summed E-state index contributed by atoms with van der Waals surface area (Å²) in [6, 6.07) is 3.91. The van der Waals surface area contributed by atoms with Gasteiger partial charge in [-0.05, 0) is 70.3 Å². The van der Waals surface area contributed by atoms with Crippen LogP contribution in [0.5, 0.6) is 11.5 Å². The number of nitrogens with zero attached hydrogens (tertiary/aromatic N) is 1. The lowest BCUT2D eigenvalue weighted by Gasteiger charge is -2.22. The lowest BCUT2D eigenvalue weighted by atomic mass is 10.2. The fourth-order valence-electron chi connectivity index (χ4n) is 4.18. The molecule has 1 N–H and O–H groups in total. The summed E-state index contributed by atoms with van der Waals surface area (Å²) >= 11 is 0. The van der Waals surface area contributed by atoms with Crippen molar-refractivity contribution in [1.29, 1.82) is 0 Å². The van der Waals surface area contributed by atoms with Gasteiger partial charge in [-0.2, -0.15) is 0 Å². The Hall–Kier alpha value is -3.68. The van der Waals surface area contributed by atoms with Crippen LogP contribution in [0.1, 0.15) is 91.4 Å². The summed E-state index contributed by atoms with van der Waals surface area (Å²) in [6.07, 6.45) is 34.1. The molecule has 0 fully saturated rings. The molecule has 10 heteroatoms. The number of ether oxygens (including phenoxy) is 1. The zero-order valence-electron chi connectivity index (χ0n) is 28.7. The highest BCUT2D eigenvalue weighted by Gasteiger charge is 2.27. The van der Waals surface area contributed by atoms with Crippen LogP contribution in [0.4, 0.5) is 5.69 Å². The third-order valence-corrected chi connectivity index (χ3v) is 8.82. The Labute approximate surface area is 282 Å². The Balaban J connectivity index is 2.31. The fraction of sp³-hybridized carbons (Fsp3) is 0.486. The lowest BCUT2D eigenvalue weighted by Crippen LogP contribution is -2.24. The predicted octanol–water partition coefficient (Wildman–Crippen LogP) is 10.4. The average Bonchev–Trinajstić information content (AvgIpc) is 3.07. The minimum absolute atomic E-state index is 0.0539. The maximum absolute atomic E-state index is 13.3. The van der Waals surface area contributed by atoms with Crippen LogP contribution in [-0.4, -0.2) is 36.8 Å². The molecular formula is C37H55N2O7P. The van der Waals surface area contributed by atoms with Gasteiger partial charge >= 0.3 is 7.60 Å². The fourth-order valence-corrected chi connectivity index (χ4v) is 5.52. The monoisotopic (exact) mass is 670 g/mol. The molecule has 1 amide bonds. The van der Waals surface area contributed by atoms with E-state index in [0.717, 1.165) is 38.5 Å². The van der Waals surface area contributed by atoms with Gasteiger partial charge in [0.25, 0.3) is 5.69 Å². The number of benzene rings is 1. The van der Waals surface area contributed by atoms with Crippen LogP contribution in [0.2, 0.25) is 0 Å². The van der Waals surface area contributed by atoms with Crippen LogP contribution in [0.25, 0.3) is 0 Å². The topological polar surface area (TPSA) is 117 Å². The first kappa shape index (κ1) is 41.3. The molecule has 0 aliphatic heterocycles. The number of hydrogen-bond acceptors (Lipinski definition) is 7. The number of non-ortho nitro benzene ring substituents is 1. The molecular weight excluding hydrogens is 615 g/mol. The van der Waals surface area contributed by atoms with Gasteiger partial charge in [-0.1, -0.05) is 93.7 Å². The van der Waals surface area contributed by atoms with Gasteiger partial charge in [-0.25, -0.2) is 4.57 Å². The van der Waals surface area contributed by atoms with E-state index in [0.29, 0.717) is 38.6 Å². The van der Waals surface area contributed by atoms with E-state index < -0.39 is 12.5 Å². The molecule has 1 atom stereocenters. The molecule has 47 heavy (non-hydrogen) atoms. The first-order valence-corrected chi connectivity index (χ1v) is 18.5. The molecule has 0 radical (unpaired) electrons. The van der Waals surface area contributed by atoms with Crippen LogP contribution in [-0.2, 0) is 13.9 Å². The van der Waals surface area contributed by atoms with Gasteiger partial charge in [0.05, 0.1) is 23.3 Å².